The summed E-state index contributed by atoms with van der Waals surface area (Å²) >= 11 is 0. The molecule has 1 atom stereocenters. The first-order valence-electron chi connectivity index (χ1n) is 8.26. The van der Waals surface area contributed by atoms with Gasteiger partial charge in [-0.25, -0.2) is 4.98 Å². The summed E-state index contributed by atoms with van der Waals surface area (Å²) in [5.41, 5.74) is 2.10. The molecule has 0 spiro atoms. The molecule has 6 heteroatoms. The first-order valence-corrected chi connectivity index (χ1v) is 8.26. The Morgan fingerprint density at radius 2 is 1.96 bits per heavy atom. The summed E-state index contributed by atoms with van der Waals surface area (Å²) in [5.74, 6) is -1.20. The predicted molar refractivity (Wildman–Crippen MR) is 92.8 cm³/mol. The maximum Gasteiger partial charge on any atom is 0.290 e. The zero-order valence-corrected chi connectivity index (χ0v) is 14.3. The van der Waals surface area contributed by atoms with E-state index in [0.717, 1.165) is 11.1 Å². The Hall–Kier alpha value is -2.89. The average Bonchev–Trinajstić information content (AvgIpc) is 3.17. The van der Waals surface area contributed by atoms with Crippen LogP contribution in [0.25, 0.3) is 0 Å². The van der Waals surface area contributed by atoms with Gasteiger partial charge < -0.3 is 14.6 Å². The van der Waals surface area contributed by atoms with Crippen LogP contribution in [-0.2, 0) is 16.1 Å². The number of nitrogens with zero attached hydrogens (tertiary/aromatic N) is 3. The van der Waals surface area contributed by atoms with Crippen LogP contribution in [0.2, 0.25) is 0 Å². The van der Waals surface area contributed by atoms with Crippen LogP contribution in [-0.4, -0.2) is 37.8 Å². The van der Waals surface area contributed by atoms with Crippen molar-refractivity contribution in [3.05, 3.63) is 65.4 Å². The van der Waals surface area contributed by atoms with Crippen molar-refractivity contribution in [3.8, 4) is 0 Å². The number of amides is 1. The molecule has 0 saturated heterocycles. The van der Waals surface area contributed by atoms with Gasteiger partial charge in [-0.05, 0) is 25.8 Å². The number of imidazole rings is 1. The van der Waals surface area contributed by atoms with E-state index in [9.17, 15) is 14.7 Å². The standard InChI is InChI=1S/C19H21N3O3/c1-13-4-6-15(7-5-13)17-16(14(2)23)18(24)19(25)22(17)10-3-9-21-11-8-20-12-21/h4-8,11-12,17,24H,3,9-10H2,1-2H3/t17-/m0/s1. The molecular weight excluding hydrogens is 318 g/mol. The molecule has 0 aliphatic carbocycles. The topological polar surface area (TPSA) is 75.4 Å². The van der Waals surface area contributed by atoms with E-state index in [0.29, 0.717) is 19.5 Å². The number of hydrogen-bond donors (Lipinski definition) is 1. The lowest BCUT2D eigenvalue weighted by Crippen LogP contribution is -2.32. The van der Waals surface area contributed by atoms with Crippen molar-refractivity contribution in [1.82, 2.24) is 14.5 Å². The molecule has 1 aromatic carbocycles. The number of benzene rings is 1. The highest BCUT2D eigenvalue weighted by molar-refractivity contribution is 6.08. The molecule has 6 nitrogen and oxygen atoms in total. The van der Waals surface area contributed by atoms with E-state index in [4.69, 9.17) is 0 Å². The average molecular weight is 339 g/mol. The van der Waals surface area contributed by atoms with Gasteiger partial charge in [0, 0.05) is 25.5 Å². The van der Waals surface area contributed by atoms with Crippen molar-refractivity contribution >= 4 is 11.7 Å². The lowest BCUT2D eigenvalue weighted by atomic mass is 9.96. The molecule has 130 valence electrons. The van der Waals surface area contributed by atoms with Gasteiger partial charge in [-0.1, -0.05) is 29.8 Å². The van der Waals surface area contributed by atoms with E-state index in [1.54, 1.807) is 17.4 Å². The van der Waals surface area contributed by atoms with Crippen LogP contribution < -0.4 is 0 Å². The summed E-state index contributed by atoms with van der Waals surface area (Å²) in [4.78, 5) is 30.1. The number of ketones is 1. The second-order valence-corrected chi connectivity index (χ2v) is 6.28. The molecule has 1 aliphatic heterocycles. The third-order valence-corrected chi connectivity index (χ3v) is 4.45. The summed E-state index contributed by atoms with van der Waals surface area (Å²) in [6.07, 6.45) is 5.99. The normalized spacial score (nSPS) is 17.4. The highest BCUT2D eigenvalue weighted by atomic mass is 16.3. The van der Waals surface area contributed by atoms with Crippen molar-refractivity contribution in [3.63, 3.8) is 0 Å². The minimum absolute atomic E-state index is 0.177. The van der Waals surface area contributed by atoms with Gasteiger partial charge in [-0.15, -0.1) is 0 Å². The maximum atomic E-state index is 12.5. The van der Waals surface area contributed by atoms with Crippen molar-refractivity contribution in [2.45, 2.75) is 32.9 Å². The number of aliphatic hydroxyl groups is 1. The molecule has 0 bridgehead atoms. The van der Waals surface area contributed by atoms with Gasteiger partial charge in [0.2, 0.25) is 0 Å². The largest absolute Gasteiger partial charge is 0.503 e. The van der Waals surface area contributed by atoms with Gasteiger partial charge in [-0.2, -0.15) is 0 Å². The molecule has 25 heavy (non-hydrogen) atoms. The van der Waals surface area contributed by atoms with E-state index in [-0.39, 0.29) is 11.4 Å². The minimum atomic E-state index is -0.534. The summed E-state index contributed by atoms with van der Waals surface area (Å²) in [7, 11) is 0. The zero-order valence-electron chi connectivity index (χ0n) is 14.3. The molecule has 0 unspecified atom stereocenters. The van der Waals surface area contributed by atoms with Gasteiger partial charge in [0.1, 0.15) is 0 Å². The van der Waals surface area contributed by atoms with E-state index >= 15 is 0 Å². The summed E-state index contributed by atoms with van der Waals surface area (Å²) in [6, 6.07) is 7.15. The van der Waals surface area contributed by atoms with Gasteiger partial charge in [0.25, 0.3) is 5.91 Å². The number of carbonyl (C=O) groups is 2. The quantitative estimate of drug-likeness (QED) is 0.878. The molecule has 1 amide bonds. The molecule has 1 aromatic heterocycles. The highest BCUT2D eigenvalue weighted by Gasteiger charge is 2.41. The first kappa shape index (κ1) is 17.0. The number of rotatable bonds is 6. The smallest absolute Gasteiger partial charge is 0.290 e. The summed E-state index contributed by atoms with van der Waals surface area (Å²) < 4.78 is 1.93. The maximum absolute atomic E-state index is 12.5. The van der Waals surface area contributed by atoms with Crippen LogP contribution in [0.1, 0.15) is 30.5 Å². The van der Waals surface area contributed by atoms with E-state index in [1.807, 2.05) is 42.0 Å². The SMILES string of the molecule is CC(=O)C1=C(O)C(=O)N(CCCn2ccnc2)[C@H]1c1ccc(C)cc1. The van der Waals surface area contributed by atoms with Gasteiger partial charge >= 0.3 is 0 Å². The molecule has 0 radical (unpaired) electrons. The van der Waals surface area contributed by atoms with Crippen LogP contribution in [0, 0.1) is 6.92 Å². The fourth-order valence-electron chi connectivity index (χ4n) is 3.18. The predicted octanol–water partition coefficient (Wildman–Crippen LogP) is 2.57. The van der Waals surface area contributed by atoms with Crippen molar-refractivity contribution in [2.24, 2.45) is 0 Å². The third kappa shape index (κ3) is 3.33. The number of hydrogen-bond acceptors (Lipinski definition) is 4. The molecule has 2 heterocycles. The van der Waals surface area contributed by atoms with Crippen LogP contribution >= 0.6 is 0 Å². The second kappa shape index (κ2) is 6.93. The molecule has 0 fully saturated rings. The third-order valence-electron chi connectivity index (χ3n) is 4.45. The first-order chi connectivity index (χ1) is 12.0. The van der Waals surface area contributed by atoms with Gasteiger partial charge in [0.05, 0.1) is 17.9 Å². The molecule has 0 saturated carbocycles. The van der Waals surface area contributed by atoms with Crippen LogP contribution in [0.4, 0.5) is 0 Å². The van der Waals surface area contributed by atoms with Crippen LogP contribution in [0.15, 0.2) is 54.3 Å². The molecular formula is C19H21N3O3. The fourth-order valence-corrected chi connectivity index (χ4v) is 3.18. The number of aromatic nitrogens is 2. The van der Waals surface area contributed by atoms with E-state index < -0.39 is 17.7 Å². The van der Waals surface area contributed by atoms with Crippen molar-refractivity contribution in [2.75, 3.05) is 6.54 Å². The molecule has 1 N–H and O–H groups in total. The Bertz CT molecular complexity index is 807. The fraction of sp³-hybridized carbons (Fsp3) is 0.316. The van der Waals surface area contributed by atoms with E-state index in [2.05, 4.69) is 4.98 Å². The van der Waals surface area contributed by atoms with Crippen LogP contribution in [0.3, 0.4) is 0 Å². The molecule has 1 aliphatic rings. The Morgan fingerprint density at radius 1 is 1.24 bits per heavy atom. The minimum Gasteiger partial charge on any atom is -0.503 e. The van der Waals surface area contributed by atoms with Gasteiger partial charge in [0.15, 0.2) is 11.5 Å². The number of Topliss-reactive ketones (excluding diaryl/α,β-unsaturated/α-hetero) is 1. The number of aryl methyl sites for hydroxylation is 2. The Kier molecular flexibility index (Phi) is 4.70. The van der Waals surface area contributed by atoms with Crippen molar-refractivity contribution in [1.29, 1.82) is 0 Å². The van der Waals surface area contributed by atoms with E-state index in [1.165, 1.54) is 6.92 Å². The number of carbonyl (C=O) groups excluding carboxylic acids is 2. The Morgan fingerprint density at radius 3 is 2.56 bits per heavy atom. The van der Waals surface area contributed by atoms with Crippen molar-refractivity contribution < 1.29 is 14.7 Å². The highest BCUT2D eigenvalue weighted by Crippen LogP contribution is 2.37. The van der Waals surface area contributed by atoms with Gasteiger partial charge in [-0.3, -0.25) is 9.59 Å². The monoisotopic (exact) mass is 339 g/mol. The lowest BCUT2D eigenvalue weighted by Gasteiger charge is -2.26. The Balaban J connectivity index is 1.85. The van der Waals surface area contributed by atoms with Crippen LogP contribution in [0.5, 0.6) is 0 Å². The Labute approximate surface area is 146 Å². The molecule has 3 rings (SSSR count). The lowest BCUT2D eigenvalue weighted by molar-refractivity contribution is -0.129. The zero-order chi connectivity index (χ0) is 18.0. The second-order valence-electron chi connectivity index (χ2n) is 6.28. The summed E-state index contributed by atoms with van der Waals surface area (Å²) in [6.45, 7) is 4.51. The molecule has 2 aromatic rings. The summed E-state index contributed by atoms with van der Waals surface area (Å²) in [5, 5.41) is 10.2. The number of aliphatic hydroxyl groups excluding tert-OH is 1.